The zero-order valence-corrected chi connectivity index (χ0v) is 7.10. The quantitative estimate of drug-likeness (QED) is 0.718. The normalized spacial score (nSPS) is 32.1. The number of hydrogen-bond donors (Lipinski definition) is 1. The Morgan fingerprint density at radius 1 is 1.58 bits per heavy atom. The van der Waals surface area contributed by atoms with Gasteiger partial charge in [0.05, 0.1) is 0 Å². The Morgan fingerprint density at radius 2 is 2.00 bits per heavy atom. The summed E-state index contributed by atoms with van der Waals surface area (Å²) in [6, 6.07) is 0. The first-order valence-corrected chi connectivity index (χ1v) is 3.93. The molecular weight excluding hydrogens is 166 g/mol. The Morgan fingerprint density at radius 3 is 2.08 bits per heavy atom. The third-order valence-corrected chi connectivity index (χ3v) is 2.27. The first-order valence-electron chi connectivity index (χ1n) is 3.93. The lowest BCUT2D eigenvalue weighted by Crippen LogP contribution is -2.24. The summed E-state index contributed by atoms with van der Waals surface area (Å²) in [4.78, 5) is 10.6. The van der Waals surface area contributed by atoms with Gasteiger partial charge in [0.15, 0.2) is 0 Å². The van der Waals surface area contributed by atoms with E-state index >= 15 is 0 Å². The molecule has 1 saturated carbocycles. The van der Waals surface area contributed by atoms with Gasteiger partial charge >= 0.3 is 5.97 Å². The Bertz CT molecular complexity index is 213. The van der Waals surface area contributed by atoms with E-state index in [1.807, 2.05) is 0 Å². The predicted octanol–water partition coefficient (Wildman–Crippen LogP) is 2.14. The summed E-state index contributed by atoms with van der Waals surface area (Å²) in [5, 5.41) is 8.61. The van der Waals surface area contributed by atoms with Gasteiger partial charge < -0.3 is 5.11 Å². The number of aliphatic carboxylic acids is 1. The molecule has 1 aliphatic carbocycles. The van der Waals surface area contributed by atoms with Crippen LogP contribution in [0.5, 0.6) is 0 Å². The van der Waals surface area contributed by atoms with E-state index in [-0.39, 0.29) is 12.3 Å². The standard InChI is InChI=1S/C8H12F2O2/c1-5(2)3-7(6(11)12)4-8(7,9)10/h5H,3-4H2,1-2H3,(H,11,12). The average Bonchev–Trinajstić information content (AvgIpc) is 2.33. The molecule has 0 aromatic carbocycles. The van der Waals surface area contributed by atoms with Gasteiger partial charge in [0.25, 0.3) is 5.92 Å². The van der Waals surface area contributed by atoms with Crippen LogP contribution >= 0.6 is 0 Å². The molecule has 1 fully saturated rings. The highest BCUT2D eigenvalue weighted by Gasteiger charge is 2.75. The SMILES string of the molecule is CC(C)CC1(C(=O)O)CC1(F)F. The Labute approximate surface area is 69.6 Å². The van der Waals surface area contributed by atoms with Crippen molar-refractivity contribution < 1.29 is 18.7 Å². The highest BCUT2D eigenvalue weighted by atomic mass is 19.3. The lowest BCUT2D eigenvalue weighted by atomic mass is 9.94. The molecule has 4 heteroatoms. The van der Waals surface area contributed by atoms with E-state index in [9.17, 15) is 13.6 Å². The van der Waals surface area contributed by atoms with Crippen molar-refractivity contribution >= 4 is 5.97 Å². The molecule has 70 valence electrons. The number of carboxylic acids is 1. The molecule has 0 saturated heterocycles. The van der Waals surface area contributed by atoms with Crippen molar-refractivity contribution in [1.29, 1.82) is 0 Å². The topological polar surface area (TPSA) is 37.3 Å². The van der Waals surface area contributed by atoms with Crippen molar-refractivity contribution in [2.24, 2.45) is 11.3 Å². The van der Waals surface area contributed by atoms with Crippen molar-refractivity contribution in [2.75, 3.05) is 0 Å². The maximum Gasteiger partial charge on any atom is 0.316 e. The summed E-state index contributed by atoms with van der Waals surface area (Å²) in [6.45, 7) is 3.50. The molecule has 0 heterocycles. The van der Waals surface area contributed by atoms with E-state index in [2.05, 4.69) is 0 Å². The molecule has 0 radical (unpaired) electrons. The second kappa shape index (κ2) is 2.41. The van der Waals surface area contributed by atoms with E-state index in [0.29, 0.717) is 0 Å². The summed E-state index contributed by atoms with van der Waals surface area (Å²) in [6.07, 6.45) is -0.428. The zero-order valence-electron chi connectivity index (χ0n) is 7.10. The average molecular weight is 178 g/mol. The van der Waals surface area contributed by atoms with Crippen LogP contribution in [-0.4, -0.2) is 17.0 Å². The summed E-state index contributed by atoms with van der Waals surface area (Å²) < 4.78 is 25.4. The van der Waals surface area contributed by atoms with Crippen molar-refractivity contribution in [2.45, 2.75) is 32.6 Å². The van der Waals surface area contributed by atoms with Crippen LogP contribution in [0.3, 0.4) is 0 Å². The Kier molecular flexibility index (Phi) is 1.89. The third kappa shape index (κ3) is 1.19. The molecule has 1 rings (SSSR count). The van der Waals surface area contributed by atoms with Gasteiger partial charge in [-0.1, -0.05) is 13.8 Å². The zero-order chi connectivity index (χ0) is 9.57. The van der Waals surface area contributed by atoms with E-state index in [4.69, 9.17) is 5.11 Å². The fraction of sp³-hybridized carbons (Fsp3) is 0.875. The summed E-state index contributed by atoms with van der Waals surface area (Å²) >= 11 is 0. The second-order valence-corrected chi connectivity index (χ2v) is 3.87. The number of alkyl halides is 2. The van der Waals surface area contributed by atoms with Crippen LogP contribution in [0, 0.1) is 11.3 Å². The van der Waals surface area contributed by atoms with Crippen molar-refractivity contribution in [3.63, 3.8) is 0 Å². The van der Waals surface area contributed by atoms with Crippen LogP contribution in [0.25, 0.3) is 0 Å². The summed E-state index contributed by atoms with van der Waals surface area (Å²) in [7, 11) is 0. The van der Waals surface area contributed by atoms with Gasteiger partial charge in [0, 0.05) is 6.42 Å². The van der Waals surface area contributed by atoms with Gasteiger partial charge in [-0.3, -0.25) is 4.79 Å². The number of carboxylic acid groups (broad SMARTS) is 1. The molecule has 1 atom stereocenters. The maximum atomic E-state index is 12.7. The molecule has 0 spiro atoms. The van der Waals surface area contributed by atoms with Gasteiger partial charge in [0.2, 0.25) is 0 Å². The van der Waals surface area contributed by atoms with Crippen LogP contribution in [0.4, 0.5) is 8.78 Å². The fourth-order valence-corrected chi connectivity index (χ4v) is 1.57. The van der Waals surface area contributed by atoms with E-state index < -0.39 is 23.7 Å². The second-order valence-electron chi connectivity index (χ2n) is 3.87. The molecule has 0 aromatic heterocycles. The molecule has 2 nitrogen and oxygen atoms in total. The smallest absolute Gasteiger partial charge is 0.316 e. The molecular formula is C8H12F2O2. The van der Waals surface area contributed by atoms with Gasteiger partial charge in [0.1, 0.15) is 5.41 Å². The lowest BCUT2D eigenvalue weighted by Gasteiger charge is -2.12. The van der Waals surface area contributed by atoms with Crippen molar-refractivity contribution in [3.05, 3.63) is 0 Å². The molecule has 1 unspecified atom stereocenters. The molecule has 12 heavy (non-hydrogen) atoms. The largest absolute Gasteiger partial charge is 0.481 e. The highest BCUT2D eigenvalue weighted by Crippen LogP contribution is 2.63. The minimum Gasteiger partial charge on any atom is -0.481 e. The van der Waals surface area contributed by atoms with Gasteiger partial charge in [-0.05, 0) is 12.3 Å². The Balaban J connectivity index is 2.73. The van der Waals surface area contributed by atoms with Crippen LogP contribution < -0.4 is 0 Å². The van der Waals surface area contributed by atoms with Crippen molar-refractivity contribution in [3.8, 4) is 0 Å². The van der Waals surface area contributed by atoms with Crippen LogP contribution in [-0.2, 0) is 4.79 Å². The first kappa shape index (κ1) is 9.42. The molecule has 1 aliphatic rings. The van der Waals surface area contributed by atoms with E-state index in [0.717, 1.165) is 0 Å². The molecule has 0 aliphatic heterocycles. The minimum absolute atomic E-state index is 0.00512. The monoisotopic (exact) mass is 178 g/mol. The molecule has 0 aromatic rings. The van der Waals surface area contributed by atoms with Crippen LogP contribution in [0.1, 0.15) is 26.7 Å². The summed E-state index contributed by atoms with van der Waals surface area (Å²) in [5.41, 5.74) is -1.75. The molecule has 1 N–H and O–H groups in total. The molecule has 0 amide bonds. The maximum absolute atomic E-state index is 12.7. The lowest BCUT2D eigenvalue weighted by molar-refractivity contribution is -0.148. The highest BCUT2D eigenvalue weighted by molar-refractivity contribution is 5.80. The summed E-state index contributed by atoms with van der Waals surface area (Å²) in [5.74, 6) is -4.35. The predicted molar refractivity (Wildman–Crippen MR) is 39.1 cm³/mol. The number of hydrogen-bond acceptors (Lipinski definition) is 1. The van der Waals surface area contributed by atoms with E-state index in [1.165, 1.54) is 0 Å². The van der Waals surface area contributed by atoms with E-state index in [1.54, 1.807) is 13.8 Å². The van der Waals surface area contributed by atoms with Gasteiger partial charge in [-0.25, -0.2) is 8.78 Å². The van der Waals surface area contributed by atoms with Crippen LogP contribution in [0.2, 0.25) is 0 Å². The van der Waals surface area contributed by atoms with Crippen molar-refractivity contribution in [1.82, 2.24) is 0 Å². The third-order valence-electron chi connectivity index (χ3n) is 2.27. The van der Waals surface area contributed by atoms with Crippen LogP contribution in [0.15, 0.2) is 0 Å². The minimum atomic E-state index is -2.98. The van der Waals surface area contributed by atoms with Gasteiger partial charge in [-0.15, -0.1) is 0 Å². The number of rotatable bonds is 3. The number of halogens is 2. The van der Waals surface area contributed by atoms with Gasteiger partial charge in [-0.2, -0.15) is 0 Å². The Hall–Kier alpha value is -0.670. The first-order chi connectivity index (χ1) is 5.32. The molecule has 0 bridgehead atoms. The fourth-order valence-electron chi connectivity index (χ4n) is 1.57. The number of carbonyl (C=O) groups is 1.